The maximum atomic E-state index is 12.1. The normalized spacial score (nSPS) is 15.1. The molecule has 0 bridgehead atoms. The Balaban J connectivity index is 1.96. The fourth-order valence-electron chi connectivity index (χ4n) is 2.38. The van der Waals surface area contributed by atoms with Gasteiger partial charge in [0.1, 0.15) is 0 Å². The van der Waals surface area contributed by atoms with Gasteiger partial charge in [-0.15, -0.1) is 0 Å². The summed E-state index contributed by atoms with van der Waals surface area (Å²) < 4.78 is 16.9. The molecule has 0 aliphatic carbocycles. The lowest BCUT2D eigenvalue weighted by atomic mass is 10.1. The largest absolute Gasteiger partial charge is 0.493 e. The van der Waals surface area contributed by atoms with Crippen molar-refractivity contribution < 1.29 is 19.0 Å². The maximum absolute atomic E-state index is 12.1. The summed E-state index contributed by atoms with van der Waals surface area (Å²) in [5, 5.41) is 0. The van der Waals surface area contributed by atoms with Gasteiger partial charge in [-0.05, 0) is 58.8 Å². The number of hydrogen-bond acceptors (Lipinski definition) is 5. The smallest absolute Gasteiger partial charge is 0.363 e. The van der Waals surface area contributed by atoms with Crippen LogP contribution in [0.3, 0.4) is 0 Å². The van der Waals surface area contributed by atoms with Gasteiger partial charge in [0.2, 0.25) is 5.90 Å². The molecule has 0 saturated heterocycles. The van der Waals surface area contributed by atoms with Crippen molar-refractivity contribution in [1.29, 1.82) is 0 Å². The topological polar surface area (TPSA) is 57.1 Å². The number of halogens is 1. The second kappa shape index (κ2) is 7.53. The standard InChI is InChI=1S/C19H16BrNO4/c1-3-24-17-14(20)9-12(11-16(17)23-2)10-15-19(22)25-18(21-15)13-7-5-4-6-8-13/h4-11H,3H2,1-2H3/b15-10-. The number of nitrogens with zero attached hydrogens (tertiary/aromatic N) is 1. The highest BCUT2D eigenvalue weighted by atomic mass is 79.9. The number of carbonyl (C=O) groups is 1. The summed E-state index contributed by atoms with van der Waals surface area (Å²) >= 11 is 3.47. The van der Waals surface area contributed by atoms with Crippen molar-refractivity contribution in [3.05, 3.63) is 63.8 Å². The number of methoxy groups -OCH3 is 1. The molecule has 0 aromatic heterocycles. The first-order valence-electron chi connectivity index (χ1n) is 7.70. The molecule has 1 aliphatic heterocycles. The zero-order chi connectivity index (χ0) is 17.8. The molecule has 0 radical (unpaired) electrons. The summed E-state index contributed by atoms with van der Waals surface area (Å²) in [7, 11) is 1.57. The molecule has 6 heteroatoms. The number of ether oxygens (including phenoxy) is 3. The lowest BCUT2D eigenvalue weighted by Crippen LogP contribution is -2.04. The average Bonchev–Trinajstić information content (AvgIpc) is 2.98. The van der Waals surface area contributed by atoms with Gasteiger partial charge < -0.3 is 14.2 Å². The van der Waals surface area contributed by atoms with E-state index in [1.165, 1.54) is 0 Å². The Morgan fingerprint density at radius 2 is 2.00 bits per heavy atom. The van der Waals surface area contributed by atoms with Crippen molar-refractivity contribution in [2.24, 2.45) is 4.99 Å². The number of cyclic esters (lactones) is 1. The third-order valence-corrected chi connectivity index (χ3v) is 4.07. The van der Waals surface area contributed by atoms with E-state index in [2.05, 4.69) is 20.9 Å². The van der Waals surface area contributed by atoms with Crippen LogP contribution in [0.5, 0.6) is 11.5 Å². The first-order valence-corrected chi connectivity index (χ1v) is 8.50. The molecule has 0 spiro atoms. The highest BCUT2D eigenvalue weighted by Crippen LogP contribution is 2.37. The predicted molar refractivity (Wildman–Crippen MR) is 98.9 cm³/mol. The molecule has 1 aliphatic rings. The van der Waals surface area contributed by atoms with Crippen molar-refractivity contribution in [3.63, 3.8) is 0 Å². The quantitative estimate of drug-likeness (QED) is 0.556. The fraction of sp³-hybridized carbons (Fsp3) is 0.158. The summed E-state index contributed by atoms with van der Waals surface area (Å²) in [6, 6.07) is 12.9. The van der Waals surface area contributed by atoms with Crippen LogP contribution in [0, 0.1) is 0 Å². The minimum atomic E-state index is -0.483. The van der Waals surface area contributed by atoms with Crippen LogP contribution in [0.15, 0.2) is 57.6 Å². The maximum Gasteiger partial charge on any atom is 0.363 e. The molecule has 2 aromatic rings. The van der Waals surface area contributed by atoms with Gasteiger partial charge in [-0.1, -0.05) is 18.2 Å². The molecule has 0 saturated carbocycles. The zero-order valence-electron chi connectivity index (χ0n) is 13.8. The summed E-state index contributed by atoms with van der Waals surface area (Å²) in [5.74, 6) is 1.01. The average molecular weight is 402 g/mol. The number of esters is 1. The van der Waals surface area contributed by atoms with Gasteiger partial charge in [0.05, 0.1) is 18.2 Å². The van der Waals surface area contributed by atoms with Gasteiger partial charge >= 0.3 is 5.97 Å². The number of benzene rings is 2. The van der Waals surface area contributed by atoms with Crippen molar-refractivity contribution >= 4 is 33.9 Å². The van der Waals surface area contributed by atoms with Gasteiger partial charge in [0.25, 0.3) is 0 Å². The molecule has 3 rings (SSSR count). The Hall–Kier alpha value is -2.60. The van der Waals surface area contributed by atoms with Gasteiger partial charge in [-0.3, -0.25) is 0 Å². The van der Waals surface area contributed by atoms with E-state index in [-0.39, 0.29) is 5.70 Å². The highest BCUT2D eigenvalue weighted by Gasteiger charge is 2.24. The first-order chi connectivity index (χ1) is 12.1. The van der Waals surface area contributed by atoms with E-state index in [1.54, 1.807) is 19.3 Å². The SMILES string of the molecule is CCOc1c(Br)cc(/C=C2\N=C(c3ccccc3)OC2=O)cc1OC. The molecule has 5 nitrogen and oxygen atoms in total. The van der Waals surface area contributed by atoms with E-state index in [0.29, 0.717) is 24.0 Å². The van der Waals surface area contributed by atoms with Crippen molar-refractivity contribution in [2.45, 2.75) is 6.92 Å². The Labute approximate surface area is 154 Å². The van der Waals surface area contributed by atoms with E-state index in [1.807, 2.05) is 43.3 Å². The summed E-state index contributed by atoms with van der Waals surface area (Å²) in [6.07, 6.45) is 1.65. The Morgan fingerprint density at radius 1 is 1.24 bits per heavy atom. The molecular formula is C19H16BrNO4. The minimum Gasteiger partial charge on any atom is -0.493 e. The van der Waals surface area contributed by atoms with Crippen LogP contribution in [0.2, 0.25) is 0 Å². The van der Waals surface area contributed by atoms with Gasteiger partial charge in [-0.25, -0.2) is 9.79 Å². The van der Waals surface area contributed by atoms with Crippen LogP contribution < -0.4 is 9.47 Å². The zero-order valence-corrected chi connectivity index (χ0v) is 15.4. The summed E-state index contributed by atoms with van der Waals surface area (Å²) in [4.78, 5) is 16.4. The third-order valence-electron chi connectivity index (χ3n) is 3.49. The van der Waals surface area contributed by atoms with Crippen LogP contribution in [0.1, 0.15) is 18.1 Å². The molecule has 0 unspecified atom stereocenters. The number of hydrogen-bond donors (Lipinski definition) is 0. The Morgan fingerprint density at radius 3 is 2.68 bits per heavy atom. The van der Waals surface area contributed by atoms with E-state index in [0.717, 1.165) is 15.6 Å². The van der Waals surface area contributed by atoms with E-state index in [4.69, 9.17) is 14.2 Å². The molecule has 128 valence electrons. The Kier molecular flexibility index (Phi) is 5.19. The van der Waals surface area contributed by atoms with Crippen molar-refractivity contribution in [3.8, 4) is 11.5 Å². The Bertz CT molecular complexity index is 859. The van der Waals surface area contributed by atoms with Gasteiger partial charge in [-0.2, -0.15) is 0 Å². The van der Waals surface area contributed by atoms with Crippen LogP contribution in [-0.2, 0) is 9.53 Å². The summed E-state index contributed by atoms with van der Waals surface area (Å²) in [6.45, 7) is 2.42. The second-order valence-electron chi connectivity index (χ2n) is 5.17. The monoisotopic (exact) mass is 401 g/mol. The van der Waals surface area contributed by atoms with Crippen LogP contribution in [0.4, 0.5) is 0 Å². The van der Waals surface area contributed by atoms with Gasteiger partial charge in [0.15, 0.2) is 17.2 Å². The molecule has 0 amide bonds. The molecule has 1 heterocycles. The lowest BCUT2D eigenvalue weighted by Gasteiger charge is -2.12. The minimum absolute atomic E-state index is 0.233. The number of rotatable bonds is 5. The van der Waals surface area contributed by atoms with E-state index < -0.39 is 5.97 Å². The molecular weight excluding hydrogens is 386 g/mol. The van der Waals surface area contributed by atoms with E-state index >= 15 is 0 Å². The van der Waals surface area contributed by atoms with Gasteiger partial charge in [0, 0.05) is 5.56 Å². The van der Waals surface area contributed by atoms with Crippen LogP contribution in [-0.4, -0.2) is 25.6 Å². The second-order valence-corrected chi connectivity index (χ2v) is 6.02. The predicted octanol–water partition coefficient (Wildman–Crippen LogP) is 4.20. The van der Waals surface area contributed by atoms with Crippen LogP contribution >= 0.6 is 15.9 Å². The van der Waals surface area contributed by atoms with Crippen LogP contribution in [0.25, 0.3) is 6.08 Å². The van der Waals surface area contributed by atoms with E-state index in [9.17, 15) is 4.79 Å². The van der Waals surface area contributed by atoms with Crippen molar-refractivity contribution in [1.82, 2.24) is 0 Å². The molecule has 0 N–H and O–H groups in total. The third kappa shape index (κ3) is 3.74. The molecule has 25 heavy (non-hydrogen) atoms. The molecule has 2 aromatic carbocycles. The molecule has 0 fully saturated rings. The lowest BCUT2D eigenvalue weighted by molar-refractivity contribution is -0.129. The summed E-state index contributed by atoms with van der Waals surface area (Å²) in [5.41, 5.74) is 1.74. The van der Waals surface area contributed by atoms with Crippen molar-refractivity contribution in [2.75, 3.05) is 13.7 Å². The molecule has 0 atom stereocenters. The number of carbonyl (C=O) groups excluding carboxylic acids is 1. The number of aliphatic imine (C=N–C) groups is 1. The fourth-order valence-corrected chi connectivity index (χ4v) is 2.95. The highest BCUT2D eigenvalue weighted by molar-refractivity contribution is 9.10. The first kappa shape index (κ1) is 17.2.